The highest BCUT2D eigenvalue weighted by molar-refractivity contribution is 5.85. The average Bonchev–Trinajstić information content (AvgIpc) is 2.44. The molecule has 1 heterocycles. The van der Waals surface area contributed by atoms with E-state index in [1.165, 1.54) is 12.8 Å². The molecule has 1 saturated heterocycles. The maximum absolute atomic E-state index is 4.94. The quantitative estimate of drug-likeness (QED) is 0.653. The highest BCUT2D eigenvalue weighted by atomic mass is 35.5. The fraction of sp³-hybridized carbons (Fsp3) is 1.00. The van der Waals surface area contributed by atoms with E-state index < -0.39 is 0 Å². The third-order valence-electron chi connectivity index (χ3n) is 1.24. The Labute approximate surface area is 75.7 Å². The van der Waals surface area contributed by atoms with Crippen LogP contribution in [0.4, 0.5) is 0 Å². The molecule has 0 spiro atoms. The highest BCUT2D eigenvalue weighted by Crippen LogP contribution is 1.98. The summed E-state index contributed by atoms with van der Waals surface area (Å²) in [7, 11) is 0. The standard InChI is InChI=1S/C4H8O.C4H10O.ClH/c1-2-4-5-3-1;1-3-5-4-2;/h1-4H2;3-4H2,1-2H3;1H. The van der Waals surface area contributed by atoms with Gasteiger partial charge >= 0.3 is 0 Å². The van der Waals surface area contributed by atoms with Gasteiger partial charge in [0.05, 0.1) is 0 Å². The second-order valence-electron chi connectivity index (χ2n) is 2.10. The van der Waals surface area contributed by atoms with Crippen LogP contribution in [0.3, 0.4) is 0 Å². The zero-order chi connectivity index (χ0) is 7.66. The summed E-state index contributed by atoms with van der Waals surface area (Å²) in [6.45, 7) is 7.67. The van der Waals surface area contributed by atoms with Crippen molar-refractivity contribution in [3.05, 3.63) is 0 Å². The van der Waals surface area contributed by atoms with Gasteiger partial charge < -0.3 is 9.47 Å². The monoisotopic (exact) mass is 182 g/mol. The first-order chi connectivity index (χ1) is 4.91. The van der Waals surface area contributed by atoms with Crippen LogP contribution in [0.2, 0.25) is 0 Å². The lowest BCUT2D eigenvalue weighted by Gasteiger charge is -1.86. The molecule has 0 aromatic rings. The molecule has 70 valence electrons. The molecule has 11 heavy (non-hydrogen) atoms. The van der Waals surface area contributed by atoms with Crippen molar-refractivity contribution in [1.29, 1.82) is 0 Å². The summed E-state index contributed by atoms with van der Waals surface area (Å²) in [6.07, 6.45) is 2.56. The lowest BCUT2D eigenvalue weighted by molar-refractivity contribution is 0.162. The summed E-state index contributed by atoms with van der Waals surface area (Å²) in [6, 6.07) is 0. The van der Waals surface area contributed by atoms with Crippen molar-refractivity contribution < 1.29 is 9.47 Å². The fourth-order valence-corrected chi connectivity index (χ4v) is 0.714. The number of hydrogen-bond donors (Lipinski definition) is 0. The third kappa shape index (κ3) is 13.2. The molecule has 0 N–H and O–H groups in total. The summed E-state index contributed by atoms with van der Waals surface area (Å²) < 4.78 is 9.78. The Morgan fingerprint density at radius 3 is 1.64 bits per heavy atom. The van der Waals surface area contributed by atoms with E-state index in [4.69, 9.17) is 9.47 Å². The molecule has 3 heteroatoms. The Morgan fingerprint density at radius 2 is 1.55 bits per heavy atom. The van der Waals surface area contributed by atoms with Gasteiger partial charge in [0.2, 0.25) is 0 Å². The third-order valence-corrected chi connectivity index (χ3v) is 1.24. The first kappa shape index (κ1) is 13.8. The van der Waals surface area contributed by atoms with Gasteiger partial charge in [0, 0.05) is 26.4 Å². The Balaban J connectivity index is 0. The van der Waals surface area contributed by atoms with Crippen molar-refractivity contribution in [3.8, 4) is 0 Å². The summed E-state index contributed by atoms with van der Waals surface area (Å²) in [4.78, 5) is 0. The van der Waals surface area contributed by atoms with Gasteiger partial charge in [0.25, 0.3) is 0 Å². The predicted octanol–water partition coefficient (Wildman–Crippen LogP) is 2.26. The van der Waals surface area contributed by atoms with Gasteiger partial charge in [-0.2, -0.15) is 0 Å². The van der Waals surface area contributed by atoms with Crippen LogP contribution in [0.1, 0.15) is 26.7 Å². The topological polar surface area (TPSA) is 18.5 Å². The molecule has 0 amide bonds. The van der Waals surface area contributed by atoms with Gasteiger partial charge in [-0.1, -0.05) is 0 Å². The SMILES string of the molecule is C1CCOC1.CCOCC.Cl. The van der Waals surface area contributed by atoms with E-state index in [9.17, 15) is 0 Å². The van der Waals surface area contributed by atoms with Crippen LogP contribution in [0.5, 0.6) is 0 Å². The molecule has 0 unspecified atom stereocenters. The van der Waals surface area contributed by atoms with E-state index in [-0.39, 0.29) is 12.4 Å². The van der Waals surface area contributed by atoms with Crippen LogP contribution in [0.25, 0.3) is 0 Å². The van der Waals surface area contributed by atoms with Gasteiger partial charge in [-0.15, -0.1) is 12.4 Å². The largest absolute Gasteiger partial charge is 0.382 e. The molecule has 0 saturated carbocycles. The smallest absolute Gasteiger partial charge is 0.0466 e. The summed E-state index contributed by atoms with van der Waals surface area (Å²) in [5, 5.41) is 0. The Morgan fingerprint density at radius 1 is 1.09 bits per heavy atom. The zero-order valence-corrected chi connectivity index (χ0v) is 8.28. The summed E-state index contributed by atoms with van der Waals surface area (Å²) >= 11 is 0. The molecule has 0 aromatic carbocycles. The predicted molar refractivity (Wildman–Crippen MR) is 49.5 cm³/mol. The molecule has 0 aliphatic carbocycles. The highest BCUT2D eigenvalue weighted by Gasteiger charge is 1.94. The molecule has 1 aliphatic heterocycles. The number of halogens is 1. The lowest BCUT2D eigenvalue weighted by atomic mass is 10.4. The van der Waals surface area contributed by atoms with Crippen LogP contribution in [-0.2, 0) is 9.47 Å². The molecule has 1 aliphatic rings. The van der Waals surface area contributed by atoms with Gasteiger partial charge in [-0.05, 0) is 26.7 Å². The lowest BCUT2D eigenvalue weighted by Crippen LogP contribution is -1.84. The van der Waals surface area contributed by atoms with Gasteiger partial charge in [0.15, 0.2) is 0 Å². The minimum absolute atomic E-state index is 0. The molecule has 1 fully saturated rings. The Hall–Kier alpha value is 0.210. The molecule has 0 radical (unpaired) electrons. The van der Waals surface area contributed by atoms with Crippen LogP contribution in [0.15, 0.2) is 0 Å². The van der Waals surface area contributed by atoms with Crippen molar-refractivity contribution in [2.24, 2.45) is 0 Å². The second-order valence-corrected chi connectivity index (χ2v) is 2.10. The van der Waals surface area contributed by atoms with Crippen molar-refractivity contribution in [2.45, 2.75) is 26.7 Å². The van der Waals surface area contributed by atoms with E-state index >= 15 is 0 Å². The first-order valence-electron chi connectivity index (χ1n) is 4.07. The van der Waals surface area contributed by atoms with Crippen molar-refractivity contribution in [3.63, 3.8) is 0 Å². The molecular formula is C8H19ClO2. The Kier molecular flexibility index (Phi) is 16.1. The number of rotatable bonds is 2. The number of ether oxygens (including phenoxy) is 2. The van der Waals surface area contributed by atoms with Crippen LogP contribution >= 0.6 is 12.4 Å². The molecular weight excluding hydrogens is 164 g/mol. The van der Waals surface area contributed by atoms with E-state index in [2.05, 4.69) is 0 Å². The van der Waals surface area contributed by atoms with E-state index in [0.29, 0.717) is 0 Å². The van der Waals surface area contributed by atoms with Gasteiger partial charge in [-0.25, -0.2) is 0 Å². The van der Waals surface area contributed by atoms with E-state index in [0.717, 1.165) is 26.4 Å². The van der Waals surface area contributed by atoms with Crippen molar-refractivity contribution in [2.75, 3.05) is 26.4 Å². The molecule has 0 atom stereocenters. The van der Waals surface area contributed by atoms with Crippen molar-refractivity contribution in [1.82, 2.24) is 0 Å². The normalized spacial score (nSPS) is 14.7. The summed E-state index contributed by atoms with van der Waals surface area (Å²) in [5.74, 6) is 0. The second kappa shape index (κ2) is 12.8. The van der Waals surface area contributed by atoms with Crippen LogP contribution < -0.4 is 0 Å². The Bertz CT molecular complexity index is 46.4. The van der Waals surface area contributed by atoms with E-state index in [1.54, 1.807) is 0 Å². The molecule has 0 bridgehead atoms. The maximum Gasteiger partial charge on any atom is 0.0466 e. The molecule has 0 aromatic heterocycles. The van der Waals surface area contributed by atoms with E-state index in [1.807, 2.05) is 13.8 Å². The molecule has 2 nitrogen and oxygen atoms in total. The van der Waals surface area contributed by atoms with Gasteiger partial charge in [0.1, 0.15) is 0 Å². The fourth-order valence-electron chi connectivity index (χ4n) is 0.714. The average molecular weight is 183 g/mol. The van der Waals surface area contributed by atoms with Crippen LogP contribution in [0, 0.1) is 0 Å². The summed E-state index contributed by atoms with van der Waals surface area (Å²) in [5.41, 5.74) is 0. The first-order valence-corrected chi connectivity index (χ1v) is 4.07. The number of hydrogen-bond acceptors (Lipinski definition) is 2. The molecule has 1 rings (SSSR count). The maximum atomic E-state index is 4.94. The van der Waals surface area contributed by atoms with Gasteiger partial charge in [-0.3, -0.25) is 0 Å². The minimum Gasteiger partial charge on any atom is -0.382 e. The van der Waals surface area contributed by atoms with Crippen molar-refractivity contribution >= 4 is 12.4 Å². The van der Waals surface area contributed by atoms with Crippen LogP contribution in [-0.4, -0.2) is 26.4 Å². The zero-order valence-electron chi connectivity index (χ0n) is 7.47. The minimum atomic E-state index is 0.